The van der Waals surface area contributed by atoms with E-state index in [1.165, 1.54) is 12.1 Å². The van der Waals surface area contributed by atoms with Crippen LogP contribution < -0.4 is 20.0 Å². The van der Waals surface area contributed by atoms with E-state index in [9.17, 15) is 4.39 Å². The highest BCUT2D eigenvalue weighted by Gasteiger charge is 2.50. The Bertz CT molecular complexity index is 3190. The Labute approximate surface area is 527 Å². The number of benzene rings is 5. The highest BCUT2D eigenvalue weighted by molar-refractivity contribution is 6.20. The maximum atomic E-state index is 13.1. The third kappa shape index (κ3) is 14.9. The monoisotopic (exact) mass is 1220 g/mol. The van der Waals surface area contributed by atoms with E-state index in [4.69, 9.17) is 50.9 Å². The van der Waals surface area contributed by atoms with E-state index < -0.39 is 63.5 Å². The lowest BCUT2D eigenvalue weighted by Gasteiger charge is -2.43. The van der Waals surface area contributed by atoms with E-state index in [0.717, 1.165) is 70.4 Å². The molecular formula is C63H78Al4FN9O8. The summed E-state index contributed by atoms with van der Waals surface area (Å²) in [4.78, 5) is 0. The number of hydrogen-bond acceptors (Lipinski definition) is 17. The fraction of sp³-hybridized carbons (Fsp3) is 0.444. The normalized spacial score (nSPS) is 28.1. The molecule has 13 rings (SSSR count). The van der Waals surface area contributed by atoms with Crippen molar-refractivity contribution in [2.75, 3.05) is 20.0 Å². The minimum Gasteiger partial charge on any atom is -0.478 e. The van der Waals surface area contributed by atoms with Crippen LogP contribution in [0.25, 0.3) is 0 Å². The smallest absolute Gasteiger partial charge is 0.478 e. The first-order valence-corrected chi connectivity index (χ1v) is 34.2. The van der Waals surface area contributed by atoms with Crippen molar-refractivity contribution in [2.45, 2.75) is 145 Å². The first-order chi connectivity index (χ1) is 40.9. The Morgan fingerprint density at radius 1 is 0.459 bits per heavy atom. The zero-order valence-electron chi connectivity index (χ0n) is 50.8. The van der Waals surface area contributed by atoms with E-state index in [2.05, 4.69) is 105 Å². The van der Waals surface area contributed by atoms with E-state index in [1.54, 1.807) is 0 Å². The number of hydrogen-bond donors (Lipinski definition) is 0. The molecule has 12 unspecified atom stereocenters. The molecule has 5 aromatic carbocycles. The van der Waals surface area contributed by atoms with Crippen molar-refractivity contribution >= 4 is 109 Å². The summed E-state index contributed by atoms with van der Waals surface area (Å²) < 4.78 is 60.8. The predicted molar refractivity (Wildman–Crippen MR) is 338 cm³/mol. The van der Waals surface area contributed by atoms with Gasteiger partial charge in [0.2, 0.25) is 0 Å². The lowest BCUT2D eigenvalue weighted by molar-refractivity contribution is -0.0429. The Morgan fingerprint density at radius 3 is 1.24 bits per heavy atom. The fourth-order valence-electron chi connectivity index (χ4n) is 12.5. The summed E-state index contributed by atoms with van der Waals surface area (Å²) in [5.41, 5.74) is 10.5. The molecule has 85 heavy (non-hydrogen) atoms. The molecule has 4 fully saturated rings. The molecule has 0 radical (unpaired) electrons. The summed E-state index contributed by atoms with van der Waals surface area (Å²) in [7, 11) is 0. The van der Waals surface area contributed by atoms with Gasteiger partial charge in [0, 0.05) is 47.3 Å². The van der Waals surface area contributed by atoms with Crippen LogP contribution in [0, 0.1) is 51.6 Å². The van der Waals surface area contributed by atoms with Crippen molar-refractivity contribution < 1.29 is 34.7 Å². The summed E-state index contributed by atoms with van der Waals surface area (Å²) in [6.07, 6.45) is 3.29. The number of hydrazone groups is 4. The van der Waals surface area contributed by atoms with Crippen LogP contribution in [0.3, 0.4) is 0 Å². The van der Waals surface area contributed by atoms with Crippen LogP contribution in [-0.4, -0.2) is 136 Å². The Hall–Kier alpha value is -4.79. The molecule has 442 valence electrons. The lowest BCUT2D eigenvalue weighted by atomic mass is 9.79. The lowest BCUT2D eigenvalue weighted by Crippen LogP contribution is -2.53. The van der Waals surface area contributed by atoms with Crippen LogP contribution in [0.5, 0.6) is 0 Å². The predicted octanol–water partition coefficient (Wildman–Crippen LogP) is 10.2. The number of fused-ring (bicyclic) bond motifs is 4. The third-order valence-electron chi connectivity index (χ3n) is 16.5. The molecule has 22 heteroatoms. The average molecular weight is 1220 g/mol. The van der Waals surface area contributed by atoms with Crippen molar-refractivity contribution in [3.8, 4) is 6.07 Å². The molecule has 0 spiro atoms. The standard InChI is InChI=1S/C18H17FN2O2.C17H21N3O2.C15H20N2O2.C13H16N2O2.4Al.4H/c1-12-17(16(22)11-13-7-9-14(19)10-8-13)18(23)21(20-12)15-5-3-2-4-6-15;1-11-15(14(21)9-17(2,3)4)16(22)20(19-11)13-7-5-12(10-18)6-8-13;1-10-12(13(18)15(2,3)4)14(19)17(16-10)11-8-6-5-7-9-11;1-3-11(16)12-9(2)14-15(13(12)17)10-7-5-4-6-8-10;;;;;;;;/h2-10,16-18H,11H2,1H3;5-8,14-16H,9H2,1-4H3;5-9,12-14H,1-4H3;4-8,11-13H,3H2,1-2H3;;;;;;;;/q4*-2;4*+2;;;;. The number of nitrogens with zero attached hydrogens (tertiary/aromatic N) is 9. The van der Waals surface area contributed by atoms with E-state index in [1.807, 2.05) is 130 Å². The van der Waals surface area contributed by atoms with Gasteiger partial charge in [0.05, 0.1) is 58.1 Å². The van der Waals surface area contributed by atoms with Crippen molar-refractivity contribution in [3.05, 3.63) is 156 Å². The molecule has 0 aliphatic carbocycles. The van der Waals surface area contributed by atoms with Crippen LogP contribution in [0.4, 0.5) is 27.1 Å². The van der Waals surface area contributed by atoms with Crippen molar-refractivity contribution in [3.63, 3.8) is 0 Å². The van der Waals surface area contributed by atoms with Crippen LogP contribution in [0.1, 0.15) is 100 Å². The van der Waals surface area contributed by atoms with E-state index in [-0.39, 0.29) is 89.6 Å². The van der Waals surface area contributed by atoms with Crippen molar-refractivity contribution in [2.24, 2.45) is 54.9 Å². The molecule has 4 saturated heterocycles. The highest BCUT2D eigenvalue weighted by Crippen LogP contribution is 2.42. The molecule has 12 atom stereocenters. The third-order valence-corrected chi connectivity index (χ3v) is 20.6. The van der Waals surface area contributed by atoms with Gasteiger partial charge in [-0.05, 0) is 136 Å². The molecule has 0 N–H and O–H groups in total. The minimum absolute atomic E-state index is 0.00189. The number of rotatable bonds is 8. The molecule has 8 aliphatic rings. The van der Waals surface area contributed by atoms with Gasteiger partial charge in [0.25, 0.3) is 0 Å². The SMILES string of the molecule is CC1=NN(c2ccc(C#N)cc2)C2[O][AlH][O]C(CC(C)(C)C)C12.CC1=NN(c2ccccc2)C2[O][AlH][O]C(C(C)(C)C)C12.CC1=NN(c2ccccc2)C2[O][AlH][O]C(Cc3ccc(F)cc3)C12.CCC1[O][AlH][O]C2C1C(C)=NN2c1ccccc1. The second-order valence-electron chi connectivity index (χ2n) is 24.9. The van der Waals surface area contributed by atoms with Crippen LogP contribution in [0.2, 0.25) is 0 Å². The second-order valence-corrected chi connectivity index (χ2v) is 28.5. The van der Waals surface area contributed by atoms with Gasteiger partial charge < -0.3 is 30.3 Å². The fourth-order valence-corrected chi connectivity index (χ4v) is 17.2. The molecule has 0 saturated carbocycles. The van der Waals surface area contributed by atoms with Crippen LogP contribution in [-0.2, 0) is 36.7 Å². The zero-order valence-corrected chi connectivity index (χ0v) is 56.5. The quantitative estimate of drug-likeness (QED) is 0.135. The van der Waals surface area contributed by atoms with Gasteiger partial charge in [-0.15, -0.1) is 0 Å². The Kier molecular flexibility index (Phi) is 20.9. The van der Waals surface area contributed by atoms with Gasteiger partial charge in [-0.3, -0.25) is 0 Å². The Balaban J connectivity index is 0.000000127. The van der Waals surface area contributed by atoms with Crippen molar-refractivity contribution in [1.82, 2.24) is 0 Å². The number of halogens is 1. The summed E-state index contributed by atoms with van der Waals surface area (Å²) >= 11 is -3.88. The molecule has 8 aliphatic heterocycles. The molecule has 5 aromatic rings. The summed E-state index contributed by atoms with van der Waals surface area (Å²) in [6, 6.07) is 46.8. The molecule has 17 nitrogen and oxygen atoms in total. The van der Waals surface area contributed by atoms with Gasteiger partial charge in [-0.25, -0.2) is 24.4 Å². The maximum Gasteiger partial charge on any atom is 0.651 e. The molecule has 8 heterocycles. The first-order valence-electron chi connectivity index (χ1n) is 29.6. The molecule has 0 bridgehead atoms. The van der Waals surface area contributed by atoms with Gasteiger partial charge in [0.1, 0.15) is 30.7 Å². The van der Waals surface area contributed by atoms with Gasteiger partial charge >= 0.3 is 63.5 Å². The maximum absolute atomic E-state index is 13.1. The highest BCUT2D eigenvalue weighted by atomic mass is 27.2. The number of nitriles is 1. The number of para-hydroxylation sites is 3. The van der Waals surface area contributed by atoms with E-state index >= 15 is 0 Å². The van der Waals surface area contributed by atoms with Crippen molar-refractivity contribution in [1.29, 1.82) is 5.26 Å². The minimum atomic E-state index is -1.06. The largest absolute Gasteiger partial charge is 0.651 e. The summed E-state index contributed by atoms with van der Waals surface area (Å²) in [5.74, 6) is 0.545. The molecular weight excluding hydrogens is 1140 g/mol. The van der Waals surface area contributed by atoms with E-state index in [0.29, 0.717) is 5.56 Å². The Morgan fingerprint density at radius 2 is 0.824 bits per heavy atom. The zero-order chi connectivity index (χ0) is 60.0. The summed E-state index contributed by atoms with van der Waals surface area (Å²) in [5, 5.41) is 35.7. The molecule has 0 amide bonds. The van der Waals surface area contributed by atoms with Gasteiger partial charge in [-0.2, -0.15) is 25.7 Å². The van der Waals surface area contributed by atoms with Crippen LogP contribution in [0.15, 0.2) is 160 Å². The first kappa shape index (κ1) is 63.2. The van der Waals surface area contributed by atoms with Gasteiger partial charge in [-0.1, -0.05) is 115 Å². The topological polar surface area (TPSA) is 160 Å². The summed E-state index contributed by atoms with van der Waals surface area (Å²) in [6.45, 7) is 23.8. The van der Waals surface area contributed by atoms with Crippen LogP contribution >= 0.6 is 0 Å². The molecule has 0 aromatic heterocycles. The van der Waals surface area contributed by atoms with Gasteiger partial charge in [0.15, 0.2) is 0 Å². The number of anilines is 4. The average Bonchev–Trinajstić information content (AvgIpc) is 2.65. The second kappa shape index (κ2) is 28.1.